The number of hydrogen-bond donors (Lipinski definition) is 1. The van der Waals surface area contributed by atoms with Crippen molar-refractivity contribution in [3.05, 3.63) is 66.2 Å². The van der Waals surface area contributed by atoms with Crippen LogP contribution >= 0.6 is 0 Å². The maximum absolute atomic E-state index is 14.1. The molecule has 0 spiro atoms. The molecule has 1 aliphatic heterocycles. The van der Waals surface area contributed by atoms with Gasteiger partial charge < -0.3 is 20.3 Å². The summed E-state index contributed by atoms with van der Waals surface area (Å²) < 4.78 is 19.9. The van der Waals surface area contributed by atoms with Crippen molar-refractivity contribution in [2.24, 2.45) is 0 Å². The molecule has 1 aliphatic rings. The van der Waals surface area contributed by atoms with Gasteiger partial charge in [0.1, 0.15) is 23.6 Å². The van der Waals surface area contributed by atoms with Crippen molar-refractivity contribution >= 4 is 17.2 Å². The smallest absolute Gasteiger partial charge is 0.248 e. The van der Waals surface area contributed by atoms with Crippen LogP contribution in [-0.4, -0.2) is 36.1 Å². The molecule has 1 aromatic heterocycles. The van der Waals surface area contributed by atoms with Gasteiger partial charge in [-0.05, 0) is 36.2 Å². The third-order valence-electron chi connectivity index (χ3n) is 5.14. The Hall–Kier alpha value is -3.35. The Bertz CT molecular complexity index is 971. The van der Waals surface area contributed by atoms with E-state index in [1.807, 2.05) is 35.2 Å². The van der Waals surface area contributed by atoms with Gasteiger partial charge in [0, 0.05) is 26.2 Å². The predicted molar refractivity (Wildman–Crippen MR) is 113 cm³/mol. The number of nitrogen functional groups attached to an aromatic ring is 1. The molecule has 2 heterocycles. The lowest BCUT2D eigenvalue weighted by Gasteiger charge is -2.37. The van der Waals surface area contributed by atoms with E-state index in [9.17, 15) is 4.39 Å². The van der Waals surface area contributed by atoms with E-state index in [1.165, 1.54) is 18.0 Å². The fourth-order valence-electron chi connectivity index (χ4n) is 3.48. The van der Waals surface area contributed by atoms with Crippen molar-refractivity contribution in [1.82, 2.24) is 9.97 Å². The van der Waals surface area contributed by atoms with Gasteiger partial charge in [-0.15, -0.1) is 0 Å². The van der Waals surface area contributed by atoms with Crippen LogP contribution in [-0.2, 0) is 6.42 Å². The second kappa shape index (κ2) is 8.34. The van der Waals surface area contributed by atoms with Crippen LogP contribution in [0.15, 0.2) is 54.9 Å². The van der Waals surface area contributed by atoms with Crippen LogP contribution in [0.1, 0.15) is 12.5 Å². The molecule has 3 aromatic rings. The topological polar surface area (TPSA) is 67.5 Å². The number of benzene rings is 2. The third kappa shape index (κ3) is 4.08. The quantitative estimate of drug-likeness (QED) is 0.710. The summed E-state index contributed by atoms with van der Waals surface area (Å²) in [4.78, 5) is 12.7. The number of anilines is 3. The van der Waals surface area contributed by atoms with E-state index in [0.717, 1.165) is 6.42 Å². The largest absolute Gasteiger partial charge is 0.437 e. The maximum Gasteiger partial charge on any atom is 0.248 e. The Labute approximate surface area is 169 Å². The molecule has 0 unspecified atom stereocenters. The summed E-state index contributed by atoms with van der Waals surface area (Å²) in [7, 11) is 0. The minimum absolute atomic E-state index is 0.202. The van der Waals surface area contributed by atoms with Gasteiger partial charge in [-0.2, -0.15) is 4.98 Å². The molecule has 4 rings (SSSR count). The molecule has 0 atom stereocenters. The lowest BCUT2D eigenvalue weighted by Crippen LogP contribution is -2.47. The first-order valence-corrected chi connectivity index (χ1v) is 9.77. The van der Waals surface area contributed by atoms with E-state index in [-0.39, 0.29) is 5.82 Å². The Morgan fingerprint density at radius 1 is 0.966 bits per heavy atom. The van der Waals surface area contributed by atoms with Crippen molar-refractivity contribution in [3.63, 3.8) is 0 Å². The molecule has 0 aliphatic carbocycles. The maximum atomic E-state index is 14.1. The van der Waals surface area contributed by atoms with E-state index >= 15 is 0 Å². The highest BCUT2D eigenvalue weighted by Crippen LogP contribution is 2.32. The van der Waals surface area contributed by atoms with Crippen LogP contribution in [0.3, 0.4) is 0 Å². The Morgan fingerprint density at radius 2 is 1.66 bits per heavy atom. The van der Waals surface area contributed by atoms with Crippen molar-refractivity contribution in [2.45, 2.75) is 13.3 Å². The fourth-order valence-corrected chi connectivity index (χ4v) is 3.48. The summed E-state index contributed by atoms with van der Waals surface area (Å²) in [5.74, 6) is 1.47. The van der Waals surface area contributed by atoms with E-state index in [2.05, 4.69) is 21.8 Å². The fraction of sp³-hybridized carbons (Fsp3) is 0.273. The number of aromatic nitrogens is 2. The van der Waals surface area contributed by atoms with Gasteiger partial charge in [0.15, 0.2) is 5.82 Å². The molecule has 1 fully saturated rings. The van der Waals surface area contributed by atoms with Gasteiger partial charge in [0.05, 0.1) is 5.69 Å². The first kappa shape index (κ1) is 19.0. The molecule has 0 amide bonds. The molecule has 2 aromatic carbocycles. The number of piperazine rings is 1. The predicted octanol–water partition coefficient (Wildman–Crippen LogP) is 3.88. The molecule has 6 nitrogen and oxygen atoms in total. The Kier molecular flexibility index (Phi) is 5.46. The number of hydrogen-bond acceptors (Lipinski definition) is 6. The average molecular weight is 393 g/mol. The van der Waals surface area contributed by atoms with Gasteiger partial charge >= 0.3 is 0 Å². The third-order valence-corrected chi connectivity index (χ3v) is 5.14. The molecular weight excluding hydrogens is 369 g/mol. The summed E-state index contributed by atoms with van der Waals surface area (Å²) in [5.41, 5.74) is 8.60. The molecule has 150 valence electrons. The highest BCUT2D eigenvalue weighted by Gasteiger charge is 2.23. The lowest BCUT2D eigenvalue weighted by atomic mass is 10.2. The highest BCUT2D eigenvalue weighted by atomic mass is 19.1. The van der Waals surface area contributed by atoms with E-state index in [1.54, 1.807) is 12.1 Å². The Balaban J connectivity index is 1.47. The molecule has 1 saturated heterocycles. The summed E-state index contributed by atoms with van der Waals surface area (Å²) in [5, 5.41) is 0. The van der Waals surface area contributed by atoms with E-state index in [0.29, 0.717) is 55.0 Å². The minimum Gasteiger partial charge on any atom is -0.437 e. The molecule has 0 bridgehead atoms. The SMILES string of the molecule is CCc1ccc(Oc2ncnc(N3CCN(c4ccccc4F)CC3)c2N)cc1. The zero-order valence-electron chi connectivity index (χ0n) is 16.4. The first-order chi connectivity index (χ1) is 14.2. The van der Waals surface area contributed by atoms with Crippen LogP contribution in [0, 0.1) is 5.82 Å². The van der Waals surface area contributed by atoms with Crippen molar-refractivity contribution in [3.8, 4) is 11.6 Å². The highest BCUT2D eigenvalue weighted by molar-refractivity contribution is 5.69. The number of nitrogens with zero attached hydrogens (tertiary/aromatic N) is 4. The summed E-state index contributed by atoms with van der Waals surface area (Å²) in [6.07, 6.45) is 2.43. The molecule has 0 saturated carbocycles. The van der Waals surface area contributed by atoms with Crippen molar-refractivity contribution < 1.29 is 9.13 Å². The minimum atomic E-state index is -0.202. The number of ether oxygens (including phenoxy) is 1. The van der Waals surface area contributed by atoms with Gasteiger partial charge in [-0.25, -0.2) is 9.37 Å². The van der Waals surface area contributed by atoms with E-state index in [4.69, 9.17) is 10.5 Å². The zero-order valence-corrected chi connectivity index (χ0v) is 16.4. The summed E-state index contributed by atoms with van der Waals surface area (Å²) in [6.45, 7) is 4.83. The molecule has 7 heteroatoms. The number of aryl methyl sites for hydroxylation is 1. The van der Waals surface area contributed by atoms with Gasteiger partial charge in [-0.1, -0.05) is 31.2 Å². The normalized spacial score (nSPS) is 14.1. The van der Waals surface area contributed by atoms with Crippen molar-refractivity contribution in [2.75, 3.05) is 41.7 Å². The average Bonchev–Trinajstić information content (AvgIpc) is 2.76. The zero-order chi connectivity index (χ0) is 20.2. The standard InChI is InChI=1S/C22H24FN5O/c1-2-16-7-9-17(10-8-16)29-22-20(24)21(25-15-26-22)28-13-11-27(12-14-28)19-6-4-3-5-18(19)23/h3-10,15H,2,11-14,24H2,1H3. The molecular formula is C22H24FN5O. The lowest BCUT2D eigenvalue weighted by molar-refractivity contribution is 0.463. The summed E-state index contributed by atoms with van der Waals surface area (Å²) in [6, 6.07) is 14.7. The van der Waals surface area contributed by atoms with Crippen LogP contribution in [0.5, 0.6) is 11.6 Å². The number of halogens is 1. The molecule has 29 heavy (non-hydrogen) atoms. The number of nitrogens with two attached hydrogens (primary N) is 1. The monoisotopic (exact) mass is 393 g/mol. The second-order valence-corrected chi connectivity index (χ2v) is 6.94. The van der Waals surface area contributed by atoms with Crippen LogP contribution in [0.2, 0.25) is 0 Å². The Morgan fingerprint density at radius 3 is 2.34 bits per heavy atom. The van der Waals surface area contributed by atoms with Crippen molar-refractivity contribution in [1.29, 1.82) is 0 Å². The molecule has 2 N–H and O–H groups in total. The second-order valence-electron chi connectivity index (χ2n) is 6.94. The first-order valence-electron chi connectivity index (χ1n) is 9.77. The van der Waals surface area contributed by atoms with Crippen LogP contribution in [0.4, 0.5) is 21.6 Å². The summed E-state index contributed by atoms with van der Waals surface area (Å²) >= 11 is 0. The number of rotatable bonds is 5. The van der Waals surface area contributed by atoms with Gasteiger partial charge in [-0.3, -0.25) is 0 Å². The van der Waals surface area contributed by atoms with E-state index < -0.39 is 0 Å². The molecule has 0 radical (unpaired) electrons. The van der Waals surface area contributed by atoms with Crippen LogP contribution in [0.25, 0.3) is 0 Å². The van der Waals surface area contributed by atoms with Gasteiger partial charge in [0.25, 0.3) is 0 Å². The number of para-hydroxylation sites is 1. The van der Waals surface area contributed by atoms with Crippen LogP contribution < -0.4 is 20.3 Å². The van der Waals surface area contributed by atoms with Gasteiger partial charge in [0.2, 0.25) is 5.88 Å².